The molecular weight excluding hydrogens is 611 g/mol. The third-order valence-electron chi connectivity index (χ3n) is 9.65. The molecule has 0 fully saturated rings. The fraction of sp³-hybridized carbons (Fsp3) is 0. The van der Waals surface area contributed by atoms with Gasteiger partial charge in [-0.2, -0.15) is 15.8 Å². The van der Waals surface area contributed by atoms with Crippen LogP contribution in [-0.4, -0.2) is 9.13 Å². The Balaban J connectivity index is 1.27. The van der Waals surface area contributed by atoms with Crippen molar-refractivity contribution < 1.29 is 0 Å². The molecule has 0 spiro atoms. The van der Waals surface area contributed by atoms with Gasteiger partial charge in [0.25, 0.3) is 0 Å². The maximum atomic E-state index is 10.6. The molecule has 2 heterocycles. The van der Waals surface area contributed by atoms with Crippen molar-refractivity contribution in [3.05, 3.63) is 168 Å². The van der Waals surface area contributed by atoms with Gasteiger partial charge in [-0.3, -0.25) is 0 Å². The first kappa shape index (κ1) is 28.8. The number of hydrogen-bond acceptors (Lipinski definition) is 3. The van der Waals surface area contributed by atoms with Gasteiger partial charge in [-0.05, 0) is 71.3 Å². The summed E-state index contributed by atoms with van der Waals surface area (Å²) in [4.78, 5) is 0. The Morgan fingerprint density at radius 2 is 0.940 bits per heavy atom. The molecule has 0 atom stereocenters. The van der Waals surface area contributed by atoms with Crippen LogP contribution in [0.15, 0.2) is 152 Å². The smallest absolute Gasteiger partial charge is 0.101 e. The van der Waals surface area contributed by atoms with Gasteiger partial charge in [-0.25, -0.2) is 0 Å². The van der Waals surface area contributed by atoms with E-state index in [1.54, 1.807) is 0 Å². The van der Waals surface area contributed by atoms with Gasteiger partial charge in [0, 0.05) is 27.1 Å². The Bertz CT molecular complexity index is 2920. The predicted octanol–water partition coefficient (Wildman–Crippen LogP) is 10.8. The lowest BCUT2D eigenvalue weighted by molar-refractivity contribution is 1.17. The van der Waals surface area contributed by atoms with Crippen molar-refractivity contribution in [1.29, 1.82) is 15.8 Å². The highest BCUT2D eigenvalue weighted by molar-refractivity contribution is 6.11. The molecule has 2 aromatic heterocycles. The van der Waals surface area contributed by atoms with Crippen molar-refractivity contribution in [2.24, 2.45) is 0 Å². The van der Waals surface area contributed by atoms with E-state index in [4.69, 9.17) is 0 Å². The average molecular weight is 636 g/mol. The SMILES string of the molecule is N#Cc1ccc2c(c1)c1ccccc1n2-c1ccc(-c2ccccc2-c2cccc(C#N)c2-n2c3ccccc3c3ccccc32)cc1C#N. The highest BCUT2D eigenvalue weighted by atomic mass is 15.0. The van der Waals surface area contributed by atoms with Crippen LogP contribution in [0.5, 0.6) is 0 Å². The molecule has 0 radical (unpaired) electrons. The van der Waals surface area contributed by atoms with Crippen molar-refractivity contribution in [2.75, 3.05) is 0 Å². The van der Waals surface area contributed by atoms with E-state index in [9.17, 15) is 15.8 Å². The molecule has 7 aromatic carbocycles. The van der Waals surface area contributed by atoms with E-state index >= 15 is 0 Å². The quantitative estimate of drug-likeness (QED) is 0.193. The lowest BCUT2D eigenvalue weighted by Crippen LogP contribution is -2.02. The minimum atomic E-state index is 0.526. The lowest BCUT2D eigenvalue weighted by atomic mass is 9.91. The first-order chi connectivity index (χ1) is 24.7. The van der Waals surface area contributed by atoms with Gasteiger partial charge in [-0.15, -0.1) is 0 Å². The minimum absolute atomic E-state index is 0.526. The first-order valence-electron chi connectivity index (χ1n) is 16.3. The van der Waals surface area contributed by atoms with Gasteiger partial charge in [0.1, 0.15) is 12.1 Å². The summed E-state index contributed by atoms with van der Waals surface area (Å²) in [7, 11) is 0. The average Bonchev–Trinajstić information content (AvgIpc) is 3.69. The van der Waals surface area contributed by atoms with Gasteiger partial charge >= 0.3 is 0 Å². The van der Waals surface area contributed by atoms with Crippen molar-refractivity contribution in [3.63, 3.8) is 0 Å². The third-order valence-corrected chi connectivity index (χ3v) is 9.65. The topological polar surface area (TPSA) is 81.2 Å². The number of para-hydroxylation sites is 4. The molecule has 0 aliphatic rings. The number of benzene rings is 7. The molecule has 5 heteroatoms. The Labute approximate surface area is 287 Å². The molecule has 230 valence electrons. The van der Waals surface area contributed by atoms with Crippen LogP contribution in [0.25, 0.3) is 77.2 Å². The zero-order chi connectivity index (χ0) is 33.8. The molecule has 0 saturated carbocycles. The first-order valence-corrected chi connectivity index (χ1v) is 16.3. The number of hydrogen-bond donors (Lipinski definition) is 0. The molecule has 0 unspecified atom stereocenters. The van der Waals surface area contributed by atoms with Gasteiger partial charge in [0.2, 0.25) is 0 Å². The predicted molar refractivity (Wildman–Crippen MR) is 200 cm³/mol. The molecule has 0 saturated heterocycles. The number of nitriles is 3. The number of fused-ring (bicyclic) bond motifs is 6. The van der Waals surface area contributed by atoms with Crippen molar-refractivity contribution in [2.45, 2.75) is 0 Å². The fourth-order valence-electron chi connectivity index (χ4n) is 7.52. The van der Waals surface area contributed by atoms with Gasteiger partial charge in [-0.1, -0.05) is 97.1 Å². The molecule has 50 heavy (non-hydrogen) atoms. The van der Waals surface area contributed by atoms with Crippen LogP contribution in [0.3, 0.4) is 0 Å². The van der Waals surface area contributed by atoms with E-state index in [1.165, 1.54) is 0 Å². The van der Waals surface area contributed by atoms with Gasteiger partial charge < -0.3 is 9.13 Å². The Morgan fingerprint density at radius 1 is 0.380 bits per heavy atom. The van der Waals surface area contributed by atoms with E-state index < -0.39 is 0 Å². The molecule has 9 aromatic rings. The molecule has 0 aliphatic carbocycles. The van der Waals surface area contributed by atoms with Gasteiger partial charge in [0.05, 0.1) is 56.2 Å². The van der Waals surface area contributed by atoms with Crippen molar-refractivity contribution in [1.82, 2.24) is 9.13 Å². The molecule has 0 aliphatic heterocycles. The summed E-state index contributed by atoms with van der Waals surface area (Å²) in [6.07, 6.45) is 0. The number of aromatic nitrogens is 2. The third kappa shape index (κ3) is 4.24. The monoisotopic (exact) mass is 635 g/mol. The summed E-state index contributed by atoms with van der Waals surface area (Å²) >= 11 is 0. The summed E-state index contributed by atoms with van der Waals surface area (Å²) in [5.74, 6) is 0. The van der Waals surface area contributed by atoms with E-state index in [0.717, 1.165) is 77.2 Å². The highest BCUT2D eigenvalue weighted by Crippen LogP contribution is 2.42. The molecular formula is C45H25N5. The Kier molecular flexibility index (Phi) is 6.56. The summed E-state index contributed by atoms with van der Waals surface area (Å²) in [5.41, 5.74) is 10.9. The van der Waals surface area contributed by atoms with Crippen LogP contribution in [0.1, 0.15) is 16.7 Å². The Morgan fingerprint density at radius 3 is 1.60 bits per heavy atom. The fourth-order valence-corrected chi connectivity index (χ4v) is 7.52. The van der Waals surface area contributed by atoms with E-state index in [2.05, 4.69) is 81.9 Å². The van der Waals surface area contributed by atoms with Crippen LogP contribution in [0.2, 0.25) is 0 Å². The van der Waals surface area contributed by atoms with E-state index in [0.29, 0.717) is 16.7 Å². The number of rotatable bonds is 4. The highest BCUT2D eigenvalue weighted by Gasteiger charge is 2.21. The molecule has 0 amide bonds. The van der Waals surface area contributed by atoms with Crippen LogP contribution in [0, 0.1) is 34.0 Å². The molecule has 5 nitrogen and oxygen atoms in total. The maximum absolute atomic E-state index is 10.6. The second-order valence-corrected chi connectivity index (χ2v) is 12.3. The number of nitrogens with zero attached hydrogens (tertiary/aromatic N) is 5. The molecule has 0 bridgehead atoms. The standard InChI is InChI=1S/C45H25N5/c46-26-29-20-22-44-39(24-29)37-15-5-6-17-41(37)49(44)40-23-21-30(25-32(40)28-48)33-11-1-2-12-34(33)38-16-9-10-31(27-47)45(38)50-42-18-7-3-13-35(42)36-14-4-8-19-43(36)50/h1-25H. The van der Waals surface area contributed by atoms with Crippen molar-refractivity contribution >= 4 is 43.6 Å². The van der Waals surface area contributed by atoms with Crippen LogP contribution < -0.4 is 0 Å². The maximum Gasteiger partial charge on any atom is 0.101 e. The Hall–Kier alpha value is -7.39. The van der Waals surface area contributed by atoms with Crippen LogP contribution in [0.4, 0.5) is 0 Å². The van der Waals surface area contributed by atoms with E-state index in [1.807, 2.05) is 97.1 Å². The summed E-state index contributed by atoms with van der Waals surface area (Å²) < 4.78 is 4.32. The minimum Gasteiger partial charge on any atom is -0.308 e. The summed E-state index contributed by atoms with van der Waals surface area (Å²) in [5, 5.41) is 34.9. The van der Waals surface area contributed by atoms with Crippen molar-refractivity contribution in [3.8, 4) is 51.8 Å². The second kappa shape index (κ2) is 11.4. The summed E-state index contributed by atoms with van der Waals surface area (Å²) in [6.45, 7) is 0. The lowest BCUT2D eigenvalue weighted by Gasteiger charge is -2.19. The zero-order valence-corrected chi connectivity index (χ0v) is 26.7. The van der Waals surface area contributed by atoms with Crippen LogP contribution >= 0.6 is 0 Å². The normalized spacial score (nSPS) is 11.1. The zero-order valence-electron chi connectivity index (χ0n) is 26.7. The summed E-state index contributed by atoms with van der Waals surface area (Å²) in [6, 6.07) is 57.7. The van der Waals surface area contributed by atoms with Crippen LogP contribution in [-0.2, 0) is 0 Å². The van der Waals surface area contributed by atoms with Gasteiger partial charge in [0.15, 0.2) is 0 Å². The van der Waals surface area contributed by atoms with E-state index in [-0.39, 0.29) is 0 Å². The second-order valence-electron chi connectivity index (χ2n) is 12.3. The largest absolute Gasteiger partial charge is 0.308 e. The molecule has 9 rings (SSSR count). The molecule has 0 N–H and O–H groups in total.